The SMILES string of the molecule is CC(C)(C)N(C(=O)O)c1ccc2ncc(-c3cccc(S(N)(=O)=O)c3)n2c1. The second-order valence-corrected chi connectivity index (χ2v) is 8.68. The molecule has 0 fully saturated rings. The zero-order chi connectivity index (χ0) is 20.0. The molecule has 0 saturated carbocycles. The Morgan fingerprint density at radius 1 is 1.22 bits per heavy atom. The maximum atomic E-state index is 11.8. The molecule has 0 spiro atoms. The molecular weight excluding hydrogens is 368 g/mol. The van der Waals surface area contributed by atoms with Gasteiger partial charge in [-0.2, -0.15) is 0 Å². The van der Waals surface area contributed by atoms with E-state index in [1.54, 1.807) is 61.8 Å². The first-order valence-electron chi connectivity index (χ1n) is 8.12. The molecule has 0 aliphatic carbocycles. The number of anilines is 1. The number of hydrogen-bond acceptors (Lipinski definition) is 4. The number of pyridine rings is 1. The molecule has 0 aliphatic rings. The first-order valence-corrected chi connectivity index (χ1v) is 9.66. The molecule has 2 aromatic heterocycles. The number of sulfonamides is 1. The summed E-state index contributed by atoms with van der Waals surface area (Å²) < 4.78 is 25.0. The van der Waals surface area contributed by atoms with E-state index in [0.717, 1.165) is 0 Å². The number of aromatic nitrogens is 2. The summed E-state index contributed by atoms with van der Waals surface area (Å²) >= 11 is 0. The van der Waals surface area contributed by atoms with Crippen LogP contribution in [-0.2, 0) is 10.0 Å². The maximum absolute atomic E-state index is 11.8. The zero-order valence-electron chi connectivity index (χ0n) is 15.1. The number of amides is 1. The van der Waals surface area contributed by atoms with Crippen molar-refractivity contribution in [3.8, 4) is 11.3 Å². The van der Waals surface area contributed by atoms with Crippen LogP contribution in [-0.4, -0.2) is 34.5 Å². The monoisotopic (exact) mass is 388 g/mol. The molecule has 0 unspecified atom stereocenters. The van der Waals surface area contributed by atoms with Gasteiger partial charge in [0.2, 0.25) is 10.0 Å². The molecule has 0 aliphatic heterocycles. The van der Waals surface area contributed by atoms with Crippen molar-refractivity contribution in [2.24, 2.45) is 5.14 Å². The molecule has 0 atom stereocenters. The highest BCUT2D eigenvalue weighted by Gasteiger charge is 2.28. The molecular formula is C18H20N4O4S. The van der Waals surface area contributed by atoms with Crippen molar-refractivity contribution < 1.29 is 18.3 Å². The molecule has 3 aromatic rings. The molecule has 0 radical (unpaired) electrons. The second kappa shape index (κ2) is 6.36. The summed E-state index contributed by atoms with van der Waals surface area (Å²) in [5.41, 5.74) is 1.66. The summed E-state index contributed by atoms with van der Waals surface area (Å²) in [5.74, 6) is 0. The van der Waals surface area contributed by atoms with Crippen molar-refractivity contribution in [1.29, 1.82) is 0 Å². The minimum absolute atomic E-state index is 0.00652. The normalized spacial score (nSPS) is 12.3. The number of carboxylic acid groups (broad SMARTS) is 1. The highest BCUT2D eigenvalue weighted by atomic mass is 32.2. The van der Waals surface area contributed by atoms with Crippen molar-refractivity contribution in [2.45, 2.75) is 31.2 Å². The molecule has 1 amide bonds. The van der Waals surface area contributed by atoms with Gasteiger partial charge >= 0.3 is 6.09 Å². The van der Waals surface area contributed by atoms with E-state index in [9.17, 15) is 18.3 Å². The Balaban J connectivity index is 2.19. The molecule has 1 aromatic carbocycles. The number of hydrogen-bond donors (Lipinski definition) is 2. The van der Waals surface area contributed by atoms with Crippen LogP contribution >= 0.6 is 0 Å². The van der Waals surface area contributed by atoms with Crippen LogP contribution in [0.1, 0.15) is 20.8 Å². The van der Waals surface area contributed by atoms with E-state index in [-0.39, 0.29) is 4.90 Å². The Kier molecular flexibility index (Phi) is 4.44. The van der Waals surface area contributed by atoms with Gasteiger partial charge in [0.1, 0.15) is 5.65 Å². The quantitative estimate of drug-likeness (QED) is 0.715. The summed E-state index contributed by atoms with van der Waals surface area (Å²) in [7, 11) is -3.84. The van der Waals surface area contributed by atoms with Crippen LogP contribution in [0.4, 0.5) is 10.5 Å². The fourth-order valence-corrected chi connectivity index (χ4v) is 3.49. The molecule has 27 heavy (non-hydrogen) atoms. The number of benzene rings is 1. The van der Waals surface area contributed by atoms with Crippen LogP contribution < -0.4 is 10.0 Å². The lowest BCUT2D eigenvalue weighted by Gasteiger charge is -2.33. The van der Waals surface area contributed by atoms with Crippen molar-refractivity contribution in [3.63, 3.8) is 0 Å². The molecule has 2 heterocycles. The fraction of sp³-hybridized carbons (Fsp3) is 0.222. The van der Waals surface area contributed by atoms with Crippen LogP contribution in [0.15, 0.2) is 53.7 Å². The van der Waals surface area contributed by atoms with Crippen molar-refractivity contribution >= 4 is 27.5 Å². The predicted molar refractivity (Wildman–Crippen MR) is 102 cm³/mol. The number of nitrogens with zero attached hydrogens (tertiary/aromatic N) is 3. The van der Waals surface area contributed by atoms with Gasteiger partial charge in [-0.05, 0) is 45.0 Å². The fourth-order valence-electron chi connectivity index (χ4n) is 2.93. The molecule has 3 N–H and O–H groups in total. The van der Waals surface area contributed by atoms with Crippen molar-refractivity contribution in [3.05, 3.63) is 48.8 Å². The minimum Gasteiger partial charge on any atom is -0.465 e. The van der Waals surface area contributed by atoms with E-state index < -0.39 is 21.7 Å². The van der Waals surface area contributed by atoms with Crippen LogP contribution in [0.25, 0.3) is 16.9 Å². The highest BCUT2D eigenvalue weighted by molar-refractivity contribution is 7.89. The summed E-state index contributed by atoms with van der Waals surface area (Å²) in [6, 6.07) is 9.61. The third-order valence-electron chi connectivity index (χ3n) is 4.07. The topological polar surface area (TPSA) is 118 Å². The third-order valence-corrected chi connectivity index (χ3v) is 4.98. The Hall–Kier alpha value is -2.91. The smallest absolute Gasteiger partial charge is 0.412 e. The summed E-state index contributed by atoms with van der Waals surface area (Å²) in [5, 5.41) is 14.8. The van der Waals surface area contributed by atoms with Gasteiger partial charge in [-0.15, -0.1) is 0 Å². The Labute approximate surface area is 156 Å². The average molecular weight is 388 g/mol. The first-order chi connectivity index (χ1) is 12.5. The van der Waals surface area contributed by atoms with Crippen molar-refractivity contribution in [1.82, 2.24) is 9.38 Å². The second-order valence-electron chi connectivity index (χ2n) is 7.12. The van der Waals surface area contributed by atoms with Gasteiger partial charge in [0.25, 0.3) is 0 Å². The third kappa shape index (κ3) is 3.64. The van der Waals surface area contributed by atoms with Gasteiger partial charge in [0.05, 0.1) is 22.5 Å². The number of carbonyl (C=O) groups is 1. The van der Waals surface area contributed by atoms with E-state index in [4.69, 9.17) is 5.14 Å². The van der Waals surface area contributed by atoms with Crippen LogP contribution in [0.3, 0.4) is 0 Å². The van der Waals surface area contributed by atoms with Crippen molar-refractivity contribution in [2.75, 3.05) is 4.90 Å². The Morgan fingerprint density at radius 2 is 1.93 bits per heavy atom. The largest absolute Gasteiger partial charge is 0.465 e. The van der Waals surface area contributed by atoms with E-state index >= 15 is 0 Å². The average Bonchev–Trinajstić information content (AvgIpc) is 2.95. The van der Waals surface area contributed by atoms with Gasteiger partial charge in [-0.1, -0.05) is 12.1 Å². The van der Waals surface area contributed by atoms with Gasteiger partial charge in [-0.3, -0.25) is 9.30 Å². The molecule has 0 bridgehead atoms. The highest BCUT2D eigenvalue weighted by Crippen LogP contribution is 2.28. The standard InChI is InChI=1S/C18H20N4O4S/c1-18(2,3)22(17(23)24)13-7-8-16-20-10-15(21(16)11-13)12-5-4-6-14(9-12)27(19,25)26/h4-11H,1-3H3,(H,23,24)(H2,19,25,26). The van der Waals surface area contributed by atoms with E-state index in [2.05, 4.69) is 4.98 Å². The maximum Gasteiger partial charge on any atom is 0.412 e. The summed E-state index contributed by atoms with van der Waals surface area (Å²) in [6.45, 7) is 5.40. The van der Waals surface area contributed by atoms with E-state index in [0.29, 0.717) is 22.6 Å². The Morgan fingerprint density at radius 3 is 2.52 bits per heavy atom. The molecule has 9 heteroatoms. The lowest BCUT2D eigenvalue weighted by molar-refractivity contribution is 0.195. The zero-order valence-corrected chi connectivity index (χ0v) is 15.9. The number of rotatable bonds is 3. The summed E-state index contributed by atoms with van der Waals surface area (Å²) in [4.78, 5) is 17.3. The minimum atomic E-state index is -3.84. The molecule has 142 valence electrons. The lowest BCUT2D eigenvalue weighted by Crippen LogP contribution is -2.45. The molecule has 3 rings (SSSR count). The van der Waals surface area contributed by atoms with E-state index in [1.165, 1.54) is 17.0 Å². The van der Waals surface area contributed by atoms with Gasteiger partial charge in [-0.25, -0.2) is 23.3 Å². The number of imidazole rings is 1. The Bertz CT molecular complexity index is 1130. The number of nitrogens with two attached hydrogens (primary N) is 1. The number of fused-ring (bicyclic) bond motifs is 1. The molecule has 0 saturated heterocycles. The summed E-state index contributed by atoms with van der Waals surface area (Å²) in [6.07, 6.45) is 2.20. The predicted octanol–water partition coefficient (Wildman–Crippen LogP) is 2.93. The van der Waals surface area contributed by atoms with Gasteiger partial charge in [0.15, 0.2) is 0 Å². The van der Waals surface area contributed by atoms with Gasteiger partial charge < -0.3 is 5.11 Å². The molecule has 8 nitrogen and oxygen atoms in total. The van der Waals surface area contributed by atoms with Crippen LogP contribution in [0, 0.1) is 0 Å². The lowest BCUT2D eigenvalue weighted by atomic mass is 10.1. The number of primary sulfonamides is 1. The van der Waals surface area contributed by atoms with Crippen LogP contribution in [0.5, 0.6) is 0 Å². The van der Waals surface area contributed by atoms with Gasteiger partial charge in [0, 0.05) is 17.3 Å². The van der Waals surface area contributed by atoms with E-state index in [1.807, 2.05) is 0 Å². The first kappa shape index (κ1) is 18.9. The van der Waals surface area contributed by atoms with Crippen LogP contribution in [0.2, 0.25) is 0 Å².